The molecule has 0 heterocycles. The Morgan fingerprint density at radius 1 is 1.24 bits per heavy atom. The van der Waals surface area contributed by atoms with Gasteiger partial charge in [0.1, 0.15) is 5.75 Å². The molecule has 1 aliphatic carbocycles. The lowest BCUT2D eigenvalue weighted by Gasteiger charge is -2.18. The Bertz CT molecular complexity index is 702. The van der Waals surface area contributed by atoms with Crippen molar-refractivity contribution in [3.05, 3.63) is 64.2 Å². The summed E-state index contributed by atoms with van der Waals surface area (Å²) in [5.74, 6) is -0.620. The van der Waals surface area contributed by atoms with Gasteiger partial charge in [0.15, 0.2) is 0 Å². The predicted octanol–water partition coefficient (Wildman–Crippen LogP) is 2.43. The van der Waals surface area contributed by atoms with E-state index in [0.29, 0.717) is 11.4 Å². The Labute approximate surface area is 127 Å². The summed E-state index contributed by atoms with van der Waals surface area (Å²) in [5, 5.41) is 23.0. The van der Waals surface area contributed by atoms with Crippen molar-refractivity contribution in [2.24, 2.45) is 0 Å². The van der Waals surface area contributed by atoms with E-state index in [1.54, 1.807) is 0 Å². The normalized spacial score (nSPS) is 20.1. The van der Waals surface area contributed by atoms with Crippen molar-refractivity contribution in [3.63, 3.8) is 0 Å². The topological polar surface area (TPSA) is 69.6 Å². The molecule has 2 atom stereocenters. The van der Waals surface area contributed by atoms with E-state index >= 15 is 0 Å². The fraction of sp³-hybridized carbons (Fsp3) is 0.188. The molecule has 0 saturated heterocycles. The molecule has 2 aromatic carbocycles. The lowest BCUT2D eigenvalue weighted by molar-refractivity contribution is 0.0855. The van der Waals surface area contributed by atoms with Gasteiger partial charge in [-0.25, -0.2) is 0 Å². The van der Waals surface area contributed by atoms with Crippen LogP contribution in [0.4, 0.5) is 0 Å². The van der Waals surface area contributed by atoms with Crippen LogP contribution >= 0.6 is 11.6 Å². The molecule has 0 bridgehead atoms. The first-order valence-corrected chi connectivity index (χ1v) is 6.99. The van der Waals surface area contributed by atoms with E-state index in [9.17, 15) is 15.0 Å². The second-order valence-corrected chi connectivity index (χ2v) is 5.52. The van der Waals surface area contributed by atoms with Crippen LogP contribution in [0.15, 0.2) is 42.5 Å². The number of hydrogen-bond donors (Lipinski definition) is 3. The standard InChI is InChI=1S/C16H14ClNO3/c17-10-5-6-12(13(19)8-10)16(21)18-15-11-4-2-1-3-9(11)7-14(15)20/h1-6,8,14-15,19-20H,7H2,(H,18,21)/t14-,15+/m0/s1. The first-order chi connectivity index (χ1) is 10.1. The zero-order chi connectivity index (χ0) is 15.0. The maximum Gasteiger partial charge on any atom is 0.255 e. The third-order valence-electron chi connectivity index (χ3n) is 3.69. The minimum atomic E-state index is -0.666. The van der Waals surface area contributed by atoms with Gasteiger partial charge in [-0.3, -0.25) is 4.79 Å². The maximum atomic E-state index is 12.3. The lowest BCUT2D eigenvalue weighted by Crippen LogP contribution is -2.33. The number of phenolic OH excluding ortho intramolecular Hbond substituents is 1. The van der Waals surface area contributed by atoms with Gasteiger partial charge in [0, 0.05) is 11.4 Å². The van der Waals surface area contributed by atoms with Crippen LogP contribution in [-0.4, -0.2) is 22.2 Å². The fourth-order valence-electron chi connectivity index (χ4n) is 2.66. The number of nitrogens with one attached hydrogen (secondary N) is 1. The third-order valence-corrected chi connectivity index (χ3v) is 3.93. The Morgan fingerprint density at radius 2 is 2.00 bits per heavy atom. The Kier molecular flexibility index (Phi) is 3.57. The molecule has 0 fully saturated rings. The van der Waals surface area contributed by atoms with Crippen molar-refractivity contribution < 1.29 is 15.0 Å². The van der Waals surface area contributed by atoms with E-state index in [-0.39, 0.29) is 11.3 Å². The summed E-state index contributed by atoms with van der Waals surface area (Å²) in [7, 11) is 0. The SMILES string of the molecule is O=C(N[C@@H]1c2ccccc2C[C@@H]1O)c1ccc(Cl)cc1O. The van der Waals surface area contributed by atoms with Gasteiger partial charge in [-0.15, -0.1) is 0 Å². The number of fused-ring (bicyclic) bond motifs is 1. The van der Waals surface area contributed by atoms with Gasteiger partial charge in [0.05, 0.1) is 17.7 Å². The van der Waals surface area contributed by atoms with Crippen LogP contribution in [-0.2, 0) is 6.42 Å². The highest BCUT2D eigenvalue weighted by molar-refractivity contribution is 6.30. The summed E-state index contributed by atoms with van der Waals surface area (Å²) in [4.78, 5) is 12.3. The summed E-state index contributed by atoms with van der Waals surface area (Å²) < 4.78 is 0. The Balaban J connectivity index is 1.85. The van der Waals surface area contributed by atoms with Gasteiger partial charge in [-0.05, 0) is 29.3 Å². The number of hydrogen-bond acceptors (Lipinski definition) is 3. The minimum absolute atomic E-state index is 0.135. The van der Waals surface area contributed by atoms with Crippen LogP contribution in [0.1, 0.15) is 27.5 Å². The molecule has 0 aliphatic heterocycles. The fourth-order valence-corrected chi connectivity index (χ4v) is 2.83. The molecule has 1 aliphatic rings. The largest absolute Gasteiger partial charge is 0.507 e. The minimum Gasteiger partial charge on any atom is -0.507 e. The average molecular weight is 304 g/mol. The van der Waals surface area contributed by atoms with Gasteiger partial charge >= 0.3 is 0 Å². The molecule has 0 aromatic heterocycles. The van der Waals surface area contributed by atoms with Crippen LogP contribution < -0.4 is 5.32 Å². The zero-order valence-electron chi connectivity index (χ0n) is 11.1. The molecule has 4 nitrogen and oxygen atoms in total. The van der Waals surface area contributed by atoms with Crippen molar-refractivity contribution in [3.8, 4) is 5.75 Å². The molecule has 2 aromatic rings. The second-order valence-electron chi connectivity index (χ2n) is 5.08. The Morgan fingerprint density at radius 3 is 2.76 bits per heavy atom. The lowest BCUT2D eigenvalue weighted by atomic mass is 10.1. The van der Waals surface area contributed by atoms with E-state index in [1.165, 1.54) is 18.2 Å². The quantitative estimate of drug-likeness (QED) is 0.798. The summed E-state index contributed by atoms with van der Waals surface area (Å²) in [6.45, 7) is 0. The first kappa shape index (κ1) is 13.9. The number of benzene rings is 2. The van der Waals surface area contributed by atoms with Crippen molar-refractivity contribution in [2.45, 2.75) is 18.6 Å². The smallest absolute Gasteiger partial charge is 0.255 e. The molecule has 3 rings (SSSR count). The summed E-state index contributed by atoms with van der Waals surface area (Å²) in [6, 6.07) is 11.4. The van der Waals surface area contributed by atoms with Crippen molar-refractivity contribution >= 4 is 17.5 Å². The highest BCUT2D eigenvalue weighted by atomic mass is 35.5. The van der Waals surface area contributed by atoms with Gasteiger partial charge in [-0.2, -0.15) is 0 Å². The first-order valence-electron chi connectivity index (χ1n) is 6.61. The summed E-state index contributed by atoms with van der Waals surface area (Å²) in [6.07, 6.45) is -0.158. The van der Waals surface area contributed by atoms with Crippen LogP contribution in [0.25, 0.3) is 0 Å². The number of halogens is 1. The number of phenols is 1. The summed E-state index contributed by atoms with van der Waals surface area (Å²) in [5.41, 5.74) is 2.07. The van der Waals surface area contributed by atoms with Crippen LogP contribution in [0.5, 0.6) is 5.75 Å². The van der Waals surface area contributed by atoms with Gasteiger partial charge < -0.3 is 15.5 Å². The van der Waals surface area contributed by atoms with E-state index in [0.717, 1.165) is 11.1 Å². The van der Waals surface area contributed by atoms with E-state index in [2.05, 4.69) is 5.32 Å². The average Bonchev–Trinajstić information content (AvgIpc) is 2.75. The van der Waals surface area contributed by atoms with Crippen LogP contribution in [0.3, 0.4) is 0 Å². The number of carbonyl (C=O) groups is 1. The highest BCUT2D eigenvalue weighted by Crippen LogP contribution is 2.32. The molecular formula is C16H14ClNO3. The predicted molar refractivity (Wildman–Crippen MR) is 79.5 cm³/mol. The number of aliphatic hydroxyl groups is 1. The molecule has 3 N–H and O–H groups in total. The molecule has 108 valence electrons. The molecule has 1 amide bonds. The number of aliphatic hydroxyl groups excluding tert-OH is 1. The van der Waals surface area contributed by atoms with Gasteiger partial charge in [-0.1, -0.05) is 35.9 Å². The number of aromatic hydroxyl groups is 1. The molecule has 0 radical (unpaired) electrons. The number of carbonyl (C=O) groups excluding carboxylic acids is 1. The Hall–Kier alpha value is -2.04. The molecule has 5 heteroatoms. The monoisotopic (exact) mass is 303 g/mol. The van der Waals surface area contributed by atoms with E-state index < -0.39 is 18.1 Å². The van der Waals surface area contributed by atoms with E-state index in [1.807, 2.05) is 24.3 Å². The number of amides is 1. The van der Waals surface area contributed by atoms with Gasteiger partial charge in [0.2, 0.25) is 0 Å². The zero-order valence-corrected chi connectivity index (χ0v) is 11.8. The summed E-state index contributed by atoms with van der Waals surface area (Å²) >= 11 is 5.75. The molecule has 21 heavy (non-hydrogen) atoms. The second kappa shape index (κ2) is 5.39. The maximum absolute atomic E-state index is 12.3. The van der Waals surface area contributed by atoms with E-state index in [4.69, 9.17) is 11.6 Å². The highest BCUT2D eigenvalue weighted by Gasteiger charge is 2.32. The molecule has 0 unspecified atom stereocenters. The number of rotatable bonds is 2. The van der Waals surface area contributed by atoms with Crippen LogP contribution in [0.2, 0.25) is 5.02 Å². The van der Waals surface area contributed by atoms with Crippen molar-refractivity contribution in [1.29, 1.82) is 0 Å². The molecule has 0 spiro atoms. The van der Waals surface area contributed by atoms with Crippen LogP contribution in [0, 0.1) is 0 Å². The van der Waals surface area contributed by atoms with Crippen molar-refractivity contribution in [2.75, 3.05) is 0 Å². The van der Waals surface area contributed by atoms with Crippen molar-refractivity contribution in [1.82, 2.24) is 5.32 Å². The third kappa shape index (κ3) is 2.60. The van der Waals surface area contributed by atoms with Gasteiger partial charge in [0.25, 0.3) is 5.91 Å². The molecule has 0 saturated carbocycles. The molecular weight excluding hydrogens is 290 g/mol.